The highest BCUT2D eigenvalue weighted by Crippen LogP contribution is 2.34. The summed E-state index contributed by atoms with van der Waals surface area (Å²) in [6, 6.07) is 12.0. The van der Waals surface area contributed by atoms with Crippen molar-refractivity contribution in [3.8, 4) is 11.5 Å². The van der Waals surface area contributed by atoms with Gasteiger partial charge in [0.2, 0.25) is 5.89 Å². The Labute approximate surface area is 235 Å². The van der Waals surface area contributed by atoms with Crippen molar-refractivity contribution in [3.05, 3.63) is 76.9 Å². The number of rotatable bonds is 9. The van der Waals surface area contributed by atoms with E-state index in [0.29, 0.717) is 49.9 Å². The van der Waals surface area contributed by atoms with E-state index in [-0.39, 0.29) is 48.9 Å². The van der Waals surface area contributed by atoms with E-state index in [9.17, 15) is 27.2 Å². The smallest absolute Gasteiger partial charge is 0.419 e. The summed E-state index contributed by atoms with van der Waals surface area (Å²) >= 11 is 0. The summed E-state index contributed by atoms with van der Waals surface area (Å²) < 4.78 is 68.9. The summed E-state index contributed by atoms with van der Waals surface area (Å²) in [5.41, 5.74) is 0.0818. The molecule has 2 aromatic carbocycles. The minimum atomic E-state index is -4.80. The fourth-order valence-corrected chi connectivity index (χ4v) is 5.00. The first-order valence-corrected chi connectivity index (χ1v) is 13.5. The lowest BCUT2D eigenvalue weighted by atomic mass is 9.83. The van der Waals surface area contributed by atoms with Crippen molar-refractivity contribution < 1.29 is 41.0 Å². The molecule has 4 rings (SSSR count). The molecule has 0 radical (unpaired) electrons. The van der Waals surface area contributed by atoms with Crippen molar-refractivity contribution in [2.45, 2.75) is 52.3 Å². The summed E-state index contributed by atoms with van der Waals surface area (Å²) in [6.07, 6.45) is -3.10. The molecule has 1 saturated heterocycles. The lowest BCUT2D eigenvalue weighted by molar-refractivity contribution is -0.152. The summed E-state index contributed by atoms with van der Waals surface area (Å²) in [5.74, 6) is -1.40. The molecule has 1 unspecified atom stereocenters. The second-order valence-electron chi connectivity index (χ2n) is 10.0. The van der Waals surface area contributed by atoms with E-state index in [2.05, 4.69) is 4.98 Å². The summed E-state index contributed by atoms with van der Waals surface area (Å²) in [6.45, 7) is 4.73. The molecule has 2 heterocycles. The van der Waals surface area contributed by atoms with Crippen molar-refractivity contribution in [2.75, 3.05) is 19.7 Å². The predicted octanol–water partition coefficient (Wildman–Crippen LogP) is 6.97. The van der Waals surface area contributed by atoms with Crippen LogP contribution in [0.1, 0.15) is 48.8 Å². The number of amides is 1. The minimum Gasteiger partial charge on any atom is -0.461 e. The lowest BCUT2D eigenvalue weighted by Gasteiger charge is -2.34. The number of nitrogens with zero attached hydrogens (tertiary/aromatic N) is 2. The number of oxazole rings is 1. The second kappa shape index (κ2) is 13.2. The first-order chi connectivity index (χ1) is 19.6. The molecule has 3 aromatic rings. The number of aromatic nitrogens is 1. The van der Waals surface area contributed by atoms with Crippen LogP contribution in [0.3, 0.4) is 0 Å². The van der Waals surface area contributed by atoms with E-state index < -0.39 is 23.7 Å². The third-order valence-corrected chi connectivity index (χ3v) is 7.31. The number of benzene rings is 2. The molecule has 1 fully saturated rings. The SMILES string of the molecule is CCC(C(=O)OCc1ccccc1)C1CCN(C(=O)OCCc2nc(-c3ccc(C(F)(F)F)c(F)c3)oc2C)CC1. The highest BCUT2D eigenvalue weighted by atomic mass is 19.4. The number of likely N-dealkylation sites (tertiary alicyclic amines) is 1. The zero-order valence-electron chi connectivity index (χ0n) is 22.9. The number of carbonyl (C=O) groups is 2. The van der Waals surface area contributed by atoms with Crippen LogP contribution in [-0.4, -0.2) is 41.6 Å². The number of hydrogen-bond donors (Lipinski definition) is 0. The van der Waals surface area contributed by atoms with Crippen LogP contribution in [0.5, 0.6) is 0 Å². The van der Waals surface area contributed by atoms with E-state index in [0.717, 1.165) is 17.7 Å². The number of aryl methyl sites for hydroxylation is 1. The van der Waals surface area contributed by atoms with Gasteiger partial charge in [-0.15, -0.1) is 0 Å². The van der Waals surface area contributed by atoms with Crippen LogP contribution in [0.15, 0.2) is 52.9 Å². The van der Waals surface area contributed by atoms with Crippen molar-refractivity contribution in [2.24, 2.45) is 11.8 Å². The molecule has 220 valence electrons. The first kappa shape index (κ1) is 30.1. The molecule has 11 heteroatoms. The number of halogens is 4. The molecule has 0 spiro atoms. The van der Waals surface area contributed by atoms with Gasteiger partial charge in [0, 0.05) is 25.1 Å². The number of esters is 1. The molecule has 7 nitrogen and oxygen atoms in total. The molecule has 1 aromatic heterocycles. The Kier molecular flexibility index (Phi) is 9.67. The average Bonchev–Trinajstić information content (AvgIpc) is 3.32. The number of alkyl halides is 3. The normalized spacial score (nSPS) is 15.0. The van der Waals surface area contributed by atoms with Crippen molar-refractivity contribution in [3.63, 3.8) is 0 Å². The molecular formula is C30H32F4N2O5. The third-order valence-electron chi connectivity index (χ3n) is 7.31. The van der Waals surface area contributed by atoms with E-state index in [1.165, 1.54) is 0 Å². The van der Waals surface area contributed by atoms with Crippen molar-refractivity contribution >= 4 is 12.1 Å². The van der Waals surface area contributed by atoms with E-state index in [1.54, 1.807) is 11.8 Å². The maximum atomic E-state index is 14.0. The number of piperidine rings is 1. The van der Waals surface area contributed by atoms with E-state index in [1.807, 2.05) is 37.3 Å². The zero-order chi connectivity index (χ0) is 29.6. The van der Waals surface area contributed by atoms with Crippen molar-refractivity contribution in [1.29, 1.82) is 0 Å². The van der Waals surface area contributed by atoms with Gasteiger partial charge >= 0.3 is 18.2 Å². The van der Waals surface area contributed by atoms with Gasteiger partial charge < -0.3 is 18.8 Å². The lowest BCUT2D eigenvalue weighted by Crippen LogP contribution is -2.42. The topological polar surface area (TPSA) is 81.9 Å². The quantitative estimate of drug-likeness (QED) is 0.202. The molecule has 0 aliphatic carbocycles. The second-order valence-corrected chi connectivity index (χ2v) is 10.0. The fourth-order valence-electron chi connectivity index (χ4n) is 5.00. The first-order valence-electron chi connectivity index (χ1n) is 13.5. The maximum Gasteiger partial charge on any atom is 0.419 e. The number of ether oxygens (including phenoxy) is 2. The van der Waals surface area contributed by atoms with Gasteiger partial charge in [-0.3, -0.25) is 4.79 Å². The standard InChI is InChI=1S/C30H32F4N2O5/c1-3-23(28(37)40-18-20-7-5-4-6-8-20)21-11-14-36(15-12-21)29(38)39-16-13-26-19(2)41-27(35-26)22-9-10-24(25(31)17-22)30(32,33)34/h4-10,17,21,23H,3,11-16,18H2,1-2H3. The largest absolute Gasteiger partial charge is 0.461 e. The van der Waals surface area contributed by atoms with Gasteiger partial charge in [0.15, 0.2) is 0 Å². The van der Waals surface area contributed by atoms with E-state index >= 15 is 0 Å². The van der Waals surface area contributed by atoms with Crippen LogP contribution >= 0.6 is 0 Å². The van der Waals surface area contributed by atoms with Crippen LogP contribution in [0.2, 0.25) is 0 Å². The predicted molar refractivity (Wildman–Crippen MR) is 141 cm³/mol. The molecule has 0 saturated carbocycles. The van der Waals surface area contributed by atoms with Crippen LogP contribution < -0.4 is 0 Å². The number of hydrogen-bond acceptors (Lipinski definition) is 6. The van der Waals surface area contributed by atoms with Gasteiger partial charge in [-0.05, 0) is 55.9 Å². The van der Waals surface area contributed by atoms with Crippen LogP contribution in [-0.2, 0) is 33.5 Å². The Morgan fingerprint density at radius 3 is 2.44 bits per heavy atom. The summed E-state index contributed by atoms with van der Waals surface area (Å²) in [4.78, 5) is 31.2. The highest BCUT2D eigenvalue weighted by Gasteiger charge is 2.35. The third kappa shape index (κ3) is 7.65. The van der Waals surface area contributed by atoms with Gasteiger partial charge in [0.25, 0.3) is 0 Å². The monoisotopic (exact) mass is 576 g/mol. The maximum absolute atomic E-state index is 14.0. The Morgan fingerprint density at radius 1 is 1.10 bits per heavy atom. The van der Waals surface area contributed by atoms with Gasteiger partial charge in [-0.1, -0.05) is 37.3 Å². The van der Waals surface area contributed by atoms with Crippen LogP contribution in [0, 0.1) is 24.6 Å². The van der Waals surface area contributed by atoms with E-state index in [4.69, 9.17) is 13.9 Å². The Hall–Kier alpha value is -3.89. The zero-order valence-corrected chi connectivity index (χ0v) is 22.9. The molecule has 1 atom stereocenters. The Bertz CT molecular complexity index is 1330. The molecule has 1 aliphatic heterocycles. The average molecular weight is 577 g/mol. The minimum absolute atomic E-state index is 0.0103. The van der Waals surface area contributed by atoms with Crippen LogP contribution in [0.25, 0.3) is 11.5 Å². The van der Waals surface area contributed by atoms with Gasteiger partial charge in [-0.25, -0.2) is 14.2 Å². The molecule has 41 heavy (non-hydrogen) atoms. The molecule has 1 amide bonds. The molecular weight excluding hydrogens is 544 g/mol. The molecule has 1 aliphatic rings. The molecule has 0 bridgehead atoms. The van der Waals surface area contributed by atoms with Crippen LogP contribution in [0.4, 0.5) is 22.4 Å². The highest BCUT2D eigenvalue weighted by molar-refractivity contribution is 5.73. The fraction of sp³-hybridized carbons (Fsp3) is 0.433. The summed E-state index contributed by atoms with van der Waals surface area (Å²) in [5, 5.41) is 0. The van der Waals surface area contributed by atoms with Gasteiger partial charge in [-0.2, -0.15) is 13.2 Å². The Balaban J connectivity index is 1.23. The molecule has 0 N–H and O–H groups in total. The van der Waals surface area contributed by atoms with Gasteiger partial charge in [0.1, 0.15) is 18.2 Å². The summed E-state index contributed by atoms with van der Waals surface area (Å²) in [7, 11) is 0. The number of carbonyl (C=O) groups excluding carboxylic acids is 2. The Morgan fingerprint density at radius 2 is 1.80 bits per heavy atom. The van der Waals surface area contributed by atoms with Gasteiger partial charge in [0.05, 0.1) is 23.8 Å². The van der Waals surface area contributed by atoms with Crippen molar-refractivity contribution in [1.82, 2.24) is 9.88 Å².